The summed E-state index contributed by atoms with van der Waals surface area (Å²) in [5.41, 5.74) is 3.85. The molecule has 2 rings (SSSR count). The molecule has 2 heteroatoms. The van der Waals surface area contributed by atoms with E-state index in [1.165, 1.54) is 11.1 Å². The fourth-order valence-electron chi connectivity index (χ4n) is 2.46. The molecule has 0 aliphatic heterocycles. The summed E-state index contributed by atoms with van der Waals surface area (Å²) in [7, 11) is 1.69. The minimum absolute atomic E-state index is 0.356. The summed E-state index contributed by atoms with van der Waals surface area (Å²) < 4.78 is 5.20. The van der Waals surface area contributed by atoms with Gasteiger partial charge in [0, 0.05) is 5.69 Å². The standard InChI is InChI=1S/C18H23NO.C2H6/c1-4-7-18(17-9-6-5-8-14(17)2)19-15-10-12-16(20-3)13-11-15;1-2/h5-6,8-13,18-19H,4,7H2,1-3H3;1-2H3. The average molecular weight is 299 g/mol. The SMILES string of the molecule is CC.CCCC(Nc1ccc(OC)cc1)c1ccccc1C. The molecule has 2 nitrogen and oxygen atoms in total. The van der Waals surface area contributed by atoms with Gasteiger partial charge in [0.1, 0.15) is 5.75 Å². The second kappa shape index (κ2) is 9.88. The van der Waals surface area contributed by atoms with E-state index >= 15 is 0 Å². The van der Waals surface area contributed by atoms with Gasteiger partial charge in [0.05, 0.1) is 13.2 Å². The lowest BCUT2D eigenvalue weighted by molar-refractivity contribution is 0.415. The quantitative estimate of drug-likeness (QED) is 0.708. The molecule has 0 saturated carbocycles. The summed E-state index contributed by atoms with van der Waals surface area (Å²) in [6, 6.07) is 17.1. The zero-order valence-corrected chi connectivity index (χ0v) is 14.5. The van der Waals surface area contributed by atoms with E-state index in [1.54, 1.807) is 7.11 Å². The smallest absolute Gasteiger partial charge is 0.119 e. The summed E-state index contributed by atoms with van der Waals surface area (Å²) >= 11 is 0. The second-order valence-electron chi connectivity index (χ2n) is 5.07. The van der Waals surface area contributed by atoms with Crippen molar-refractivity contribution in [3.63, 3.8) is 0 Å². The van der Waals surface area contributed by atoms with Crippen LogP contribution < -0.4 is 10.1 Å². The van der Waals surface area contributed by atoms with Gasteiger partial charge in [-0.1, -0.05) is 51.5 Å². The van der Waals surface area contributed by atoms with Crippen LogP contribution in [0, 0.1) is 6.92 Å². The third kappa shape index (κ3) is 5.10. The predicted molar refractivity (Wildman–Crippen MR) is 96.8 cm³/mol. The molecule has 0 fully saturated rings. The lowest BCUT2D eigenvalue weighted by Gasteiger charge is -2.22. The highest BCUT2D eigenvalue weighted by Gasteiger charge is 2.12. The summed E-state index contributed by atoms with van der Waals surface area (Å²) in [6.45, 7) is 8.40. The Morgan fingerprint density at radius 2 is 1.64 bits per heavy atom. The van der Waals surface area contributed by atoms with E-state index in [0.717, 1.165) is 24.3 Å². The Balaban J connectivity index is 0.00000116. The Kier molecular flexibility index (Phi) is 8.13. The third-order valence-electron chi connectivity index (χ3n) is 3.57. The molecule has 1 atom stereocenters. The largest absolute Gasteiger partial charge is 0.497 e. The summed E-state index contributed by atoms with van der Waals surface area (Å²) in [4.78, 5) is 0. The van der Waals surface area contributed by atoms with Crippen LogP contribution in [-0.2, 0) is 0 Å². The molecule has 0 amide bonds. The number of methoxy groups -OCH3 is 1. The molecule has 0 aromatic heterocycles. The first-order valence-corrected chi connectivity index (χ1v) is 8.20. The fraction of sp³-hybridized carbons (Fsp3) is 0.400. The van der Waals surface area contributed by atoms with Gasteiger partial charge < -0.3 is 10.1 Å². The topological polar surface area (TPSA) is 21.3 Å². The van der Waals surface area contributed by atoms with Gasteiger partial charge in [-0.25, -0.2) is 0 Å². The molecule has 1 unspecified atom stereocenters. The summed E-state index contributed by atoms with van der Waals surface area (Å²) in [5, 5.41) is 3.63. The molecule has 1 N–H and O–H groups in total. The van der Waals surface area contributed by atoms with E-state index in [-0.39, 0.29) is 0 Å². The van der Waals surface area contributed by atoms with Crippen molar-refractivity contribution in [2.24, 2.45) is 0 Å². The van der Waals surface area contributed by atoms with Gasteiger partial charge in [0.15, 0.2) is 0 Å². The van der Waals surface area contributed by atoms with E-state index in [9.17, 15) is 0 Å². The molecule has 2 aromatic rings. The number of hydrogen-bond acceptors (Lipinski definition) is 2. The predicted octanol–water partition coefficient (Wildman–Crippen LogP) is 5.98. The molecule has 0 aliphatic rings. The number of ether oxygens (including phenoxy) is 1. The first-order chi connectivity index (χ1) is 10.7. The molecule has 0 heterocycles. The number of anilines is 1. The fourth-order valence-corrected chi connectivity index (χ4v) is 2.46. The Bertz CT molecular complexity index is 534. The van der Waals surface area contributed by atoms with Gasteiger partial charge in [-0.3, -0.25) is 0 Å². The van der Waals surface area contributed by atoms with Crippen molar-refractivity contribution >= 4 is 5.69 Å². The third-order valence-corrected chi connectivity index (χ3v) is 3.57. The van der Waals surface area contributed by atoms with Crippen molar-refractivity contribution in [3.8, 4) is 5.75 Å². The Morgan fingerprint density at radius 1 is 1.00 bits per heavy atom. The van der Waals surface area contributed by atoms with Crippen molar-refractivity contribution in [1.29, 1.82) is 0 Å². The van der Waals surface area contributed by atoms with E-state index < -0.39 is 0 Å². The number of rotatable bonds is 6. The first kappa shape index (κ1) is 18.1. The van der Waals surface area contributed by atoms with Crippen LogP contribution in [-0.4, -0.2) is 7.11 Å². The van der Waals surface area contributed by atoms with Gasteiger partial charge in [-0.15, -0.1) is 0 Å². The van der Waals surface area contributed by atoms with Crippen LogP contribution in [0.4, 0.5) is 5.69 Å². The maximum atomic E-state index is 5.20. The van der Waals surface area contributed by atoms with Crippen molar-refractivity contribution < 1.29 is 4.74 Å². The van der Waals surface area contributed by atoms with E-state index in [0.29, 0.717) is 6.04 Å². The van der Waals surface area contributed by atoms with E-state index in [4.69, 9.17) is 4.74 Å². The maximum Gasteiger partial charge on any atom is 0.119 e. The van der Waals surface area contributed by atoms with Crippen molar-refractivity contribution in [3.05, 3.63) is 59.7 Å². The summed E-state index contributed by atoms with van der Waals surface area (Å²) in [6.07, 6.45) is 2.28. The van der Waals surface area contributed by atoms with Crippen LogP contribution in [0.3, 0.4) is 0 Å². The highest BCUT2D eigenvalue weighted by molar-refractivity contribution is 5.49. The molecule has 0 radical (unpaired) electrons. The molecule has 2 aromatic carbocycles. The van der Waals surface area contributed by atoms with Crippen molar-refractivity contribution in [2.45, 2.75) is 46.6 Å². The molecule has 0 spiro atoms. The Morgan fingerprint density at radius 3 is 2.18 bits per heavy atom. The second-order valence-corrected chi connectivity index (χ2v) is 5.07. The molecular formula is C20H29NO. The summed E-state index contributed by atoms with van der Waals surface area (Å²) in [5.74, 6) is 0.887. The van der Waals surface area contributed by atoms with Crippen molar-refractivity contribution in [2.75, 3.05) is 12.4 Å². The Labute approximate surface area is 135 Å². The van der Waals surface area contributed by atoms with Gasteiger partial charge in [-0.2, -0.15) is 0 Å². The number of hydrogen-bond donors (Lipinski definition) is 1. The van der Waals surface area contributed by atoms with Crippen LogP contribution >= 0.6 is 0 Å². The van der Waals surface area contributed by atoms with Crippen molar-refractivity contribution in [1.82, 2.24) is 0 Å². The van der Waals surface area contributed by atoms with Gasteiger partial charge >= 0.3 is 0 Å². The highest BCUT2D eigenvalue weighted by Crippen LogP contribution is 2.27. The zero-order chi connectivity index (χ0) is 16.4. The number of nitrogens with one attached hydrogen (secondary N) is 1. The zero-order valence-electron chi connectivity index (χ0n) is 14.5. The van der Waals surface area contributed by atoms with Crippen LogP contribution in [0.15, 0.2) is 48.5 Å². The van der Waals surface area contributed by atoms with E-state index in [1.807, 2.05) is 26.0 Å². The van der Waals surface area contributed by atoms with Crippen LogP contribution in [0.5, 0.6) is 5.75 Å². The Hall–Kier alpha value is -1.96. The normalized spacial score (nSPS) is 11.1. The minimum atomic E-state index is 0.356. The molecule has 0 aliphatic carbocycles. The van der Waals surface area contributed by atoms with Gasteiger partial charge in [0.25, 0.3) is 0 Å². The monoisotopic (exact) mass is 299 g/mol. The average Bonchev–Trinajstić information content (AvgIpc) is 2.57. The maximum absolute atomic E-state index is 5.20. The van der Waals surface area contributed by atoms with Crippen LogP contribution in [0.2, 0.25) is 0 Å². The van der Waals surface area contributed by atoms with Crippen LogP contribution in [0.25, 0.3) is 0 Å². The van der Waals surface area contributed by atoms with Crippen LogP contribution in [0.1, 0.15) is 50.8 Å². The lowest BCUT2D eigenvalue weighted by Crippen LogP contribution is -2.11. The molecule has 120 valence electrons. The first-order valence-electron chi connectivity index (χ1n) is 8.20. The minimum Gasteiger partial charge on any atom is -0.497 e. The number of benzene rings is 2. The van der Waals surface area contributed by atoms with Gasteiger partial charge in [-0.05, 0) is 48.7 Å². The lowest BCUT2D eigenvalue weighted by atomic mass is 9.97. The molecule has 0 saturated heterocycles. The molecule has 22 heavy (non-hydrogen) atoms. The van der Waals surface area contributed by atoms with E-state index in [2.05, 4.69) is 55.6 Å². The molecular weight excluding hydrogens is 270 g/mol. The highest BCUT2D eigenvalue weighted by atomic mass is 16.5. The number of aryl methyl sites for hydroxylation is 1. The molecule has 0 bridgehead atoms. The van der Waals surface area contributed by atoms with Gasteiger partial charge in [0.2, 0.25) is 0 Å².